The van der Waals surface area contributed by atoms with Gasteiger partial charge in [0.1, 0.15) is 11.4 Å². The number of furan rings is 1. The molecular formula is C30H29N7O3. The summed E-state index contributed by atoms with van der Waals surface area (Å²) in [6.45, 7) is 1.77. The second-order valence-electron chi connectivity index (χ2n) is 10.8. The highest BCUT2D eigenvalue weighted by molar-refractivity contribution is 6.08. The van der Waals surface area contributed by atoms with Crippen LogP contribution in [0.1, 0.15) is 39.5 Å². The molecule has 1 saturated heterocycles. The van der Waals surface area contributed by atoms with E-state index >= 15 is 0 Å². The van der Waals surface area contributed by atoms with E-state index in [4.69, 9.17) is 9.40 Å². The van der Waals surface area contributed by atoms with Gasteiger partial charge in [0.2, 0.25) is 5.91 Å². The number of rotatable bonds is 6. The molecule has 2 N–H and O–H groups in total. The Morgan fingerprint density at radius 2 is 2.00 bits per heavy atom. The van der Waals surface area contributed by atoms with Gasteiger partial charge in [-0.15, -0.1) is 0 Å². The maximum atomic E-state index is 13.1. The molecule has 0 aliphatic carbocycles. The number of nitrogens with zero attached hydrogens (tertiary/aromatic N) is 5. The van der Waals surface area contributed by atoms with Crippen LogP contribution in [0.25, 0.3) is 27.6 Å². The first-order valence-corrected chi connectivity index (χ1v) is 13.3. The Bertz CT molecular complexity index is 1820. The lowest BCUT2D eigenvalue weighted by Gasteiger charge is -2.19. The molecule has 2 aliphatic heterocycles. The van der Waals surface area contributed by atoms with Crippen LogP contribution in [0.15, 0.2) is 59.5 Å². The molecule has 10 nitrogen and oxygen atoms in total. The second kappa shape index (κ2) is 9.20. The minimum absolute atomic E-state index is 0.121. The number of fused-ring (bicyclic) bond motifs is 4. The second-order valence-corrected chi connectivity index (χ2v) is 10.8. The number of hydrogen-bond acceptors (Lipinski definition) is 7. The minimum Gasteiger partial charge on any atom is -0.464 e. The van der Waals surface area contributed by atoms with Crippen molar-refractivity contribution >= 4 is 39.8 Å². The van der Waals surface area contributed by atoms with E-state index in [1.807, 2.05) is 68.4 Å². The molecule has 0 saturated carbocycles. The number of likely N-dealkylation sites (tertiary alicyclic amines) is 1. The number of amides is 2. The molecule has 6 heterocycles. The zero-order valence-electron chi connectivity index (χ0n) is 22.6. The molecule has 202 valence electrons. The van der Waals surface area contributed by atoms with E-state index < -0.39 is 0 Å². The summed E-state index contributed by atoms with van der Waals surface area (Å²) in [5, 5.41) is 11.9. The third kappa shape index (κ3) is 3.91. The highest BCUT2D eigenvalue weighted by Crippen LogP contribution is 2.39. The molecule has 1 unspecified atom stereocenters. The van der Waals surface area contributed by atoms with Crippen molar-refractivity contribution in [3.05, 3.63) is 77.4 Å². The molecule has 2 amide bonds. The monoisotopic (exact) mass is 535 g/mol. The van der Waals surface area contributed by atoms with Gasteiger partial charge in [0, 0.05) is 56.2 Å². The SMILES string of the molecule is CN(C)Cc1nc(Nc2ccc(-c3cnn4ccc5occc5c34)c3c2C(=O)NC3)ccc1C1CC(=O)N(C)C1. The van der Waals surface area contributed by atoms with E-state index in [1.165, 1.54) is 0 Å². The molecule has 4 aromatic heterocycles. The first kappa shape index (κ1) is 24.3. The minimum atomic E-state index is -0.123. The van der Waals surface area contributed by atoms with Gasteiger partial charge in [-0.2, -0.15) is 5.10 Å². The molecule has 5 aromatic rings. The van der Waals surface area contributed by atoms with Crippen LogP contribution in [0.4, 0.5) is 11.5 Å². The largest absolute Gasteiger partial charge is 0.464 e. The maximum absolute atomic E-state index is 13.1. The molecule has 0 radical (unpaired) electrons. The van der Waals surface area contributed by atoms with E-state index in [2.05, 4.69) is 26.7 Å². The fourth-order valence-corrected chi connectivity index (χ4v) is 6.02. The van der Waals surface area contributed by atoms with E-state index in [1.54, 1.807) is 11.2 Å². The molecule has 1 fully saturated rings. The van der Waals surface area contributed by atoms with Crippen molar-refractivity contribution in [1.82, 2.24) is 29.7 Å². The summed E-state index contributed by atoms with van der Waals surface area (Å²) in [4.78, 5) is 34.1. The van der Waals surface area contributed by atoms with Gasteiger partial charge in [0.05, 0.1) is 34.9 Å². The van der Waals surface area contributed by atoms with Crippen molar-refractivity contribution in [3.8, 4) is 11.1 Å². The van der Waals surface area contributed by atoms with Gasteiger partial charge in [-0.05, 0) is 55.1 Å². The molecule has 0 bridgehead atoms. The van der Waals surface area contributed by atoms with Crippen molar-refractivity contribution in [3.63, 3.8) is 0 Å². The van der Waals surface area contributed by atoms with Crippen molar-refractivity contribution in [2.45, 2.75) is 25.4 Å². The number of likely N-dealkylation sites (N-methyl/N-ethyl adjacent to an activating group) is 1. The van der Waals surface area contributed by atoms with E-state index in [9.17, 15) is 9.59 Å². The standard InChI is InChI=1S/C30H29N7O3/c1-35(2)16-24-18(17-12-27(38)36(3)15-17)5-7-26(34-24)33-23-6-4-19(21-13-31-30(39)28(21)23)22-14-32-37-10-8-25-20(29(22)37)9-11-40-25/h4-11,14,17H,12-13,15-16H2,1-3H3,(H,31,39)(H,33,34). The number of benzene rings is 1. The molecule has 7 rings (SSSR count). The summed E-state index contributed by atoms with van der Waals surface area (Å²) in [5.41, 5.74) is 7.87. The molecule has 10 heteroatoms. The first-order chi connectivity index (χ1) is 19.4. The van der Waals surface area contributed by atoms with Gasteiger partial charge in [-0.3, -0.25) is 9.59 Å². The Labute approximate surface area is 230 Å². The number of aromatic nitrogens is 3. The molecule has 0 spiro atoms. The summed E-state index contributed by atoms with van der Waals surface area (Å²) in [6.07, 6.45) is 5.89. The zero-order chi connectivity index (χ0) is 27.5. The van der Waals surface area contributed by atoms with Crippen molar-refractivity contribution in [1.29, 1.82) is 0 Å². The van der Waals surface area contributed by atoms with Crippen LogP contribution in [-0.4, -0.2) is 63.9 Å². The fraction of sp³-hybridized carbons (Fsp3) is 0.267. The van der Waals surface area contributed by atoms with Crippen molar-refractivity contribution in [2.24, 2.45) is 0 Å². The molecule has 2 aliphatic rings. The fourth-order valence-electron chi connectivity index (χ4n) is 6.02. The lowest BCUT2D eigenvalue weighted by molar-refractivity contribution is -0.126. The smallest absolute Gasteiger partial charge is 0.254 e. The Kier molecular flexibility index (Phi) is 5.60. The van der Waals surface area contributed by atoms with Crippen LogP contribution < -0.4 is 10.6 Å². The predicted octanol–water partition coefficient (Wildman–Crippen LogP) is 4.14. The van der Waals surface area contributed by atoms with Crippen molar-refractivity contribution in [2.75, 3.05) is 33.0 Å². The van der Waals surface area contributed by atoms with Crippen LogP contribution in [-0.2, 0) is 17.9 Å². The normalized spacial score (nSPS) is 16.9. The van der Waals surface area contributed by atoms with Crippen LogP contribution in [0.2, 0.25) is 0 Å². The summed E-state index contributed by atoms with van der Waals surface area (Å²) >= 11 is 0. The lowest BCUT2D eigenvalue weighted by atomic mass is 9.95. The summed E-state index contributed by atoms with van der Waals surface area (Å²) in [5.74, 6) is 0.811. The number of hydrogen-bond donors (Lipinski definition) is 2. The van der Waals surface area contributed by atoms with Crippen molar-refractivity contribution < 1.29 is 14.0 Å². The average molecular weight is 536 g/mol. The van der Waals surface area contributed by atoms with Gasteiger partial charge in [-0.25, -0.2) is 9.50 Å². The van der Waals surface area contributed by atoms with E-state index in [-0.39, 0.29) is 17.7 Å². The number of carbonyl (C=O) groups excluding carboxylic acids is 2. The maximum Gasteiger partial charge on any atom is 0.254 e. The molecule has 1 aromatic carbocycles. The summed E-state index contributed by atoms with van der Waals surface area (Å²) < 4.78 is 7.46. The van der Waals surface area contributed by atoms with Crippen LogP contribution in [0.3, 0.4) is 0 Å². The van der Waals surface area contributed by atoms with E-state index in [0.29, 0.717) is 43.1 Å². The highest BCUT2D eigenvalue weighted by Gasteiger charge is 2.31. The lowest BCUT2D eigenvalue weighted by Crippen LogP contribution is -2.19. The highest BCUT2D eigenvalue weighted by atomic mass is 16.3. The van der Waals surface area contributed by atoms with Crippen LogP contribution in [0.5, 0.6) is 0 Å². The zero-order valence-corrected chi connectivity index (χ0v) is 22.6. The number of carbonyl (C=O) groups is 2. The Morgan fingerprint density at radius 1 is 1.12 bits per heavy atom. The van der Waals surface area contributed by atoms with Crippen LogP contribution in [0, 0.1) is 0 Å². The van der Waals surface area contributed by atoms with Gasteiger partial charge in [-0.1, -0.05) is 12.1 Å². The van der Waals surface area contributed by atoms with E-state index in [0.717, 1.165) is 44.4 Å². The average Bonchev–Trinajstić information content (AvgIpc) is 3.71. The molecular weight excluding hydrogens is 506 g/mol. The summed E-state index contributed by atoms with van der Waals surface area (Å²) in [6, 6.07) is 11.8. The third-order valence-corrected chi connectivity index (χ3v) is 7.89. The topological polar surface area (TPSA) is 108 Å². The summed E-state index contributed by atoms with van der Waals surface area (Å²) in [7, 11) is 5.85. The Hall–Kier alpha value is -4.70. The quantitative estimate of drug-likeness (QED) is 0.337. The first-order valence-electron chi connectivity index (χ1n) is 13.3. The number of nitrogens with one attached hydrogen (secondary N) is 2. The number of anilines is 2. The Morgan fingerprint density at radius 3 is 2.80 bits per heavy atom. The van der Waals surface area contributed by atoms with Crippen LogP contribution >= 0.6 is 0 Å². The number of pyridine rings is 2. The van der Waals surface area contributed by atoms with Gasteiger partial charge < -0.3 is 24.9 Å². The molecule has 1 atom stereocenters. The van der Waals surface area contributed by atoms with Gasteiger partial charge >= 0.3 is 0 Å². The Balaban J connectivity index is 1.28. The van der Waals surface area contributed by atoms with Gasteiger partial charge in [0.15, 0.2) is 0 Å². The van der Waals surface area contributed by atoms with Gasteiger partial charge in [0.25, 0.3) is 5.91 Å². The third-order valence-electron chi connectivity index (χ3n) is 7.89. The molecule has 40 heavy (non-hydrogen) atoms. The predicted molar refractivity (Wildman–Crippen MR) is 151 cm³/mol.